The van der Waals surface area contributed by atoms with Gasteiger partial charge in [-0.3, -0.25) is 14.4 Å². The van der Waals surface area contributed by atoms with Crippen LogP contribution in [0, 0.1) is 22.7 Å². The van der Waals surface area contributed by atoms with Crippen LogP contribution in [0.15, 0.2) is 42.7 Å². The zero-order chi connectivity index (χ0) is 26.3. The van der Waals surface area contributed by atoms with Gasteiger partial charge in [-0.25, -0.2) is 4.52 Å². The number of nitrogens with zero attached hydrogens (tertiary/aromatic N) is 4. The van der Waals surface area contributed by atoms with Crippen LogP contribution in [0.5, 0.6) is 0 Å². The minimum absolute atomic E-state index is 0.0991. The van der Waals surface area contributed by atoms with Gasteiger partial charge in [0.1, 0.15) is 5.41 Å². The molecule has 2 atom stereocenters. The Morgan fingerprint density at radius 2 is 1.92 bits per heavy atom. The number of anilines is 1. The molecule has 0 spiro atoms. The SMILES string of the molecule is CC[C@@H]1CN(C(=O)C2(C#N)CC2)C[C@H]1Nc1c(C(N)=O)cnn2cc(-c3ccc(C(=O)NC)cc3)cc12. The van der Waals surface area contributed by atoms with Gasteiger partial charge in [-0.05, 0) is 48.9 Å². The lowest BCUT2D eigenvalue weighted by Crippen LogP contribution is -2.36. The highest BCUT2D eigenvalue weighted by Crippen LogP contribution is 2.47. The van der Waals surface area contributed by atoms with Gasteiger partial charge in [0, 0.05) is 43.5 Å². The highest BCUT2D eigenvalue weighted by atomic mass is 16.2. The van der Waals surface area contributed by atoms with Crippen LogP contribution < -0.4 is 16.4 Å². The second kappa shape index (κ2) is 9.24. The number of nitrogens with two attached hydrogens (primary N) is 1. The third-order valence-electron chi connectivity index (χ3n) is 7.57. The predicted octanol–water partition coefficient (Wildman–Crippen LogP) is 2.41. The molecule has 0 unspecified atom stereocenters. The Balaban J connectivity index is 1.48. The van der Waals surface area contributed by atoms with E-state index in [0.29, 0.717) is 42.7 Å². The number of benzene rings is 1. The standard InChI is InChI=1S/C27H29N7O3/c1-3-16-12-33(26(37)27(15-28)8-9-27)14-21(16)32-23-20(24(29)35)11-31-34-13-19(10-22(23)34)17-4-6-18(7-5-17)25(36)30-2/h4-7,10-11,13,16,21,32H,3,8-9,12,14H2,1-2H3,(H2,29,35)(H,30,36)/t16-,21-/m1/s1. The Kier molecular flexibility index (Phi) is 6.07. The Morgan fingerprint density at radius 1 is 1.19 bits per heavy atom. The number of aromatic nitrogens is 2. The van der Waals surface area contributed by atoms with Crippen LogP contribution in [0.1, 0.15) is 46.9 Å². The second-order valence-corrected chi connectivity index (χ2v) is 9.84. The largest absolute Gasteiger partial charge is 0.378 e. The summed E-state index contributed by atoms with van der Waals surface area (Å²) in [6.07, 6.45) is 5.36. The quantitative estimate of drug-likeness (QED) is 0.455. The molecule has 1 aromatic carbocycles. The van der Waals surface area contributed by atoms with Gasteiger partial charge in [-0.2, -0.15) is 10.4 Å². The summed E-state index contributed by atoms with van der Waals surface area (Å²) < 4.78 is 1.68. The fourth-order valence-electron chi connectivity index (χ4n) is 5.11. The summed E-state index contributed by atoms with van der Waals surface area (Å²) in [7, 11) is 1.59. The number of hydrogen-bond acceptors (Lipinski definition) is 6. The lowest BCUT2D eigenvalue weighted by molar-refractivity contribution is -0.134. The lowest BCUT2D eigenvalue weighted by atomic mass is 10.00. The molecular weight excluding hydrogens is 470 g/mol. The number of primary amides is 1. The van der Waals surface area contributed by atoms with Crippen molar-refractivity contribution in [1.29, 1.82) is 5.26 Å². The van der Waals surface area contributed by atoms with Crippen LogP contribution in [-0.2, 0) is 4.79 Å². The molecule has 10 heteroatoms. The maximum absolute atomic E-state index is 13.0. The molecule has 0 bridgehead atoms. The molecule has 1 saturated heterocycles. The van der Waals surface area contributed by atoms with Gasteiger partial charge < -0.3 is 21.3 Å². The summed E-state index contributed by atoms with van der Waals surface area (Å²) >= 11 is 0. The fourth-order valence-corrected chi connectivity index (χ4v) is 5.11. The first kappa shape index (κ1) is 24.3. The monoisotopic (exact) mass is 499 g/mol. The zero-order valence-corrected chi connectivity index (χ0v) is 20.8. The van der Waals surface area contributed by atoms with Gasteiger partial charge in [0.15, 0.2) is 0 Å². The number of rotatable bonds is 7. The first-order valence-electron chi connectivity index (χ1n) is 12.4. The van der Waals surface area contributed by atoms with E-state index in [2.05, 4.69) is 28.7 Å². The highest BCUT2D eigenvalue weighted by molar-refractivity contribution is 6.02. The van der Waals surface area contributed by atoms with Crippen LogP contribution in [0.2, 0.25) is 0 Å². The Morgan fingerprint density at radius 3 is 2.51 bits per heavy atom. The molecule has 2 aliphatic rings. The van der Waals surface area contributed by atoms with Crippen molar-refractivity contribution >= 4 is 28.9 Å². The molecule has 4 N–H and O–H groups in total. The van der Waals surface area contributed by atoms with E-state index < -0.39 is 11.3 Å². The molecule has 5 rings (SSSR count). The van der Waals surface area contributed by atoms with E-state index >= 15 is 0 Å². The third-order valence-corrected chi connectivity index (χ3v) is 7.57. The van der Waals surface area contributed by atoms with Gasteiger partial charge in [0.25, 0.3) is 11.8 Å². The van der Waals surface area contributed by atoms with Crippen molar-refractivity contribution in [3.63, 3.8) is 0 Å². The van der Waals surface area contributed by atoms with E-state index in [1.807, 2.05) is 24.4 Å². The van der Waals surface area contributed by atoms with Gasteiger partial charge in [0.2, 0.25) is 5.91 Å². The summed E-state index contributed by atoms with van der Waals surface area (Å²) in [5.41, 5.74) is 8.67. The van der Waals surface area contributed by atoms with E-state index in [0.717, 1.165) is 17.5 Å². The molecular formula is C27H29N7O3. The van der Waals surface area contributed by atoms with Crippen LogP contribution in [0.4, 0.5) is 5.69 Å². The van der Waals surface area contributed by atoms with Crippen molar-refractivity contribution in [2.75, 3.05) is 25.5 Å². The molecule has 190 valence electrons. The van der Waals surface area contributed by atoms with Gasteiger partial charge in [0.05, 0.1) is 29.0 Å². The van der Waals surface area contributed by atoms with E-state index in [-0.39, 0.29) is 29.3 Å². The molecule has 1 aliphatic carbocycles. The number of hydrogen-bond donors (Lipinski definition) is 3. The van der Waals surface area contributed by atoms with E-state index in [9.17, 15) is 19.6 Å². The van der Waals surface area contributed by atoms with Crippen LogP contribution in [-0.4, -0.2) is 58.4 Å². The first-order chi connectivity index (χ1) is 17.8. The molecule has 1 saturated carbocycles. The minimum Gasteiger partial charge on any atom is -0.378 e. The molecule has 3 heterocycles. The van der Waals surface area contributed by atoms with Crippen LogP contribution in [0.3, 0.4) is 0 Å². The molecule has 3 amide bonds. The number of fused-ring (bicyclic) bond motifs is 1. The topological polar surface area (TPSA) is 146 Å². The molecule has 3 aromatic rings. The van der Waals surface area contributed by atoms with Crippen molar-refractivity contribution in [2.24, 2.45) is 17.1 Å². The van der Waals surface area contributed by atoms with Crippen molar-refractivity contribution in [3.05, 3.63) is 53.9 Å². The van der Waals surface area contributed by atoms with E-state index in [1.165, 1.54) is 6.20 Å². The van der Waals surface area contributed by atoms with Crippen LogP contribution in [0.25, 0.3) is 16.6 Å². The number of nitriles is 1. The van der Waals surface area contributed by atoms with Crippen molar-refractivity contribution < 1.29 is 14.4 Å². The number of carbonyl (C=O) groups excluding carboxylic acids is 3. The van der Waals surface area contributed by atoms with Crippen LogP contribution >= 0.6 is 0 Å². The second-order valence-electron chi connectivity index (χ2n) is 9.84. The molecule has 10 nitrogen and oxygen atoms in total. The lowest BCUT2D eigenvalue weighted by Gasteiger charge is -2.22. The molecule has 0 radical (unpaired) electrons. The maximum atomic E-state index is 13.0. The number of likely N-dealkylation sites (tertiary alicyclic amines) is 1. The fraction of sp³-hybridized carbons (Fsp3) is 0.370. The smallest absolute Gasteiger partial charge is 0.252 e. The third kappa shape index (κ3) is 4.27. The predicted molar refractivity (Wildman–Crippen MR) is 138 cm³/mol. The minimum atomic E-state index is -0.862. The Labute approximate surface area is 214 Å². The number of amides is 3. The Bertz CT molecular complexity index is 1430. The van der Waals surface area contributed by atoms with Crippen molar-refractivity contribution in [3.8, 4) is 17.2 Å². The molecule has 37 heavy (non-hydrogen) atoms. The molecule has 2 fully saturated rings. The van der Waals surface area contributed by atoms with Gasteiger partial charge >= 0.3 is 0 Å². The number of carbonyl (C=O) groups is 3. The van der Waals surface area contributed by atoms with Gasteiger partial charge in [-0.15, -0.1) is 0 Å². The van der Waals surface area contributed by atoms with Crippen molar-refractivity contribution in [2.45, 2.75) is 32.2 Å². The summed E-state index contributed by atoms with van der Waals surface area (Å²) in [5.74, 6) is -0.711. The van der Waals surface area contributed by atoms with E-state index in [1.54, 1.807) is 28.6 Å². The average Bonchev–Trinajstić information content (AvgIpc) is 3.42. The summed E-state index contributed by atoms with van der Waals surface area (Å²) in [6.45, 7) is 3.08. The first-order valence-corrected chi connectivity index (χ1v) is 12.4. The normalized spacial score (nSPS) is 19.9. The summed E-state index contributed by atoms with van der Waals surface area (Å²) in [4.78, 5) is 39.0. The zero-order valence-electron chi connectivity index (χ0n) is 20.8. The molecule has 2 aromatic heterocycles. The van der Waals surface area contributed by atoms with E-state index in [4.69, 9.17) is 5.73 Å². The average molecular weight is 500 g/mol. The maximum Gasteiger partial charge on any atom is 0.252 e. The summed E-state index contributed by atoms with van der Waals surface area (Å²) in [6, 6.07) is 11.2. The molecule has 1 aliphatic heterocycles. The highest BCUT2D eigenvalue weighted by Gasteiger charge is 2.54. The van der Waals surface area contributed by atoms with Crippen molar-refractivity contribution in [1.82, 2.24) is 19.8 Å². The Hall–Kier alpha value is -4.39. The summed E-state index contributed by atoms with van der Waals surface area (Å²) in [5, 5.41) is 20.0. The number of nitrogens with one attached hydrogen (secondary N) is 2. The van der Waals surface area contributed by atoms with Gasteiger partial charge in [-0.1, -0.05) is 19.1 Å².